The van der Waals surface area contributed by atoms with Crippen molar-refractivity contribution in [3.63, 3.8) is 0 Å². The molecule has 2 rings (SSSR count). The van der Waals surface area contributed by atoms with Crippen LogP contribution in [-0.2, 0) is 6.61 Å². The highest BCUT2D eigenvalue weighted by Gasteiger charge is 2.08. The maximum Gasteiger partial charge on any atom is 0.335 e. The fraction of sp³-hybridized carbons (Fsp3) is 0.188. The molecule has 0 aromatic heterocycles. The molecule has 4 nitrogen and oxygen atoms in total. The molecule has 1 N–H and O–H groups in total. The van der Waals surface area contributed by atoms with Gasteiger partial charge in [0.1, 0.15) is 18.1 Å². The van der Waals surface area contributed by atoms with Gasteiger partial charge >= 0.3 is 5.97 Å². The third-order valence-electron chi connectivity index (χ3n) is 3.02. The smallest absolute Gasteiger partial charge is 0.335 e. The van der Waals surface area contributed by atoms with E-state index in [1.165, 1.54) is 0 Å². The maximum atomic E-state index is 10.9. The number of methoxy groups -OCH3 is 1. The molecular weight excluding hydrogens is 256 g/mol. The maximum absolute atomic E-state index is 10.9. The minimum absolute atomic E-state index is 0.287. The summed E-state index contributed by atoms with van der Waals surface area (Å²) in [5, 5.41) is 8.98. The average molecular weight is 272 g/mol. The first-order valence-corrected chi connectivity index (χ1v) is 6.20. The van der Waals surface area contributed by atoms with Crippen molar-refractivity contribution in [3.8, 4) is 11.5 Å². The predicted octanol–water partition coefficient (Wildman–Crippen LogP) is 3.28. The molecule has 20 heavy (non-hydrogen) atoms. The number of carbonyl (C=O) groups is 1. The Hall–Kier alpha value is -2.49. The summed E-state index contributed by atoms with van der Waals surface area (Å²) in [6.45, 7) is 2.12. The van der Waals surface area contributed by atoms with Crippen molar-refractivity contribution in [1.82, 2.24) is 0 Å². The standard InChI is InChI=1S/C16H16O4/c1-11-9-13(7-8-14(11)16(17)18)20-10-12-5-3-4-6-15(12)19-2/h3-9H,10H2,1-2H3,(H,17,18). The number of carboxylic acid groups (broad SMARTS) is 1. The zero-order valence-corrected chi connectivity index (χ0v) is 11.4. The average Bonchev–Trinajstić information content (AvgIpc) is 2.45. The molecule has 0 bridgehead atoms. The molecule has 104 valence electrons. The van der Waals surface area contributed by atoms with Gasteiger partial charge in [0.05, 0.1) is 12.7 Å². The molecule has 0 saturated heterocycles. The van der Waals surface area contributed by atoms with Gasteiger partial charge in [0.25, 0.3) is 0 Å². The van der Waals surface area contributed by atoms with E-state index in [9.17, 15) is 4.79 Å². The Balaban J connectivity index is 2.11. The van der Waals surface area contributed by atoms with Crippen molar-refractivity contribution in [2.75, 3.05) is 7.11 Å². The van der Waals surface area contributed by atoms with E-state index >= 15 is 0 Å². The fourth-order valence-corrected chi connectivity index (χ4v) is 1.95. The Morgan fingerprint density at radius 1 is 1.20 bits per heavy atom. The fourth-order valence-electron chi connectivity index (χ4n) is 1.95. The SMILES string of the molecule is COc1ccccc1COc1ccc(C(=O)O)c(C)c1. The minimum atomic E-state index is -0.932. The number of benzene rings is 2. The van der Waals surface area contributed by atoms with E-state index in [1.807, 2.05) is 24.3 Å². The summed E-state index contributed by atoms with van der Waals surface area (Å²) < 4.78 is 10.9. The van der Waals surface area contributed by atoms with Crippen molar-refractivity contribution in [2.45, 2.75) is 13.5 Å². The molecule has 0 aliphatic rings. The van der Waals surface area contributed by atoms with E-state index < -0.39 is 5.97 Å². The van der Waals surface area contributed by atoms with Crippen LogP contribution in [0.1, 0.15) is 21.5 Å². The van der Waals surface area contributed by atoms with Crippen LogP contribution in [-0.4, -0.2) is 18.2 Å². The van der Waals surface area contributed by atoms with E-state index in [2.05, 4.69) is 0 Å². The molecule has 0 radical (unpaired) electrons. The molecule has 0 atom stereocenters. The van der Waals surface area contributed by atoms with Gasteiger partial charge in [0, 0.05) is 5.56 Å². The second-order valence-corrected chi connectivity index (χ2v) is 4.38. The van der Waals surface area contributed by atoms with Crippen LogP contribution in [0.3, 0.4) is 0 Å². The Bertz CT molecular complexity index is 620. The first-order valence-electron chi connectivity index (χ1n) is 6.20. The van der Waals surface area contributed by atoms with Crippen LogP contribution in [0.5, 0.6) is 11.5 Å². The third-order valence-corrected chi connectivity index (χ3v) is 3.02. The zero-order valence-electron chi connectivity index (χ0n) is 11.4. The summed E-state index contributed by atoms with van der Waals surface area (Å²) >= 11 is 0. The number of rotatable bonds is 5. The topological polar surface area (TPSA) is 55.8 Å². The Kier molecular flexibility index (Phi) is 4.25. The lowest BCUT2D eigenvalue weighted by Crippen LogP contribution is -2.02. The van der Waals surface area contributed by atoms with Crippen molar-refractivity contribution in [3.05, 3.63) is 59.2 Å². The van der Waals surface area contributed by atoms with E-state index in [1.54, 1.807) is 32.2 Å². The van der Waals surface area contributed by atoms with Crippen LogP contribution >= 0.6 is 0 Å². The van der Waals surface area contributed by atoms with Crippen LogP contribution in [0.2, 0.25) is 0 Å². The molecule has 0 heterocycles. The lowest BCUT2D eigenvalue weighted by atomic mass is 10.1. The molecule has 0 saturated carbocycles. The summed E-state index contributed by atoms with van der Waals surface area (Å²) in [7, 11) is 1.62. The highest BCUT2D eigenvalue weighted by molar-refractivity contribution is 5.89. The van der Waals surface area contributed by atoms with E-state index in [4.69, 9.17) is 14.6 Å². The van der Waals surface area contributed by atoms with Gasteiger partial charge in [0.15, 0.2) is 0 Å². The van der Waals surface area contributed by atoms with Gasteiger partial charge in [-0.25, -0.2) is 4.79 Å². The van der Waals surface area contributed by atoms with Gasteiger partial charge in [-0.3, -0.25) is 0 Å². The van der Waals surface area contributed by atoms with Gasteiger partial charge in [-0.15, -0.1) is 0 Å². The molecule has 0 spiro atoms. The first kappa shape index (κ1) is 13.9. The van der Waals surface area contributed by atoms with Crippen LogP contribution in [0, 0.1) is 6.92 Å². The Morgan fingerprint density at radius 2 is 1.95 bits per heavy atom. The van der Waals surface area contributed by atoms with Crippen molar-refractivity contribution >= 4 is 5.97 Å². The monoisotopic (exact) mass is 272 g/mol. The molecule has 0 aliphatic carbocycles. The Morgan fingerprint density at radius 3 is 2.60 bits per heavy atom. The van der Waals surface area contributed by atoms with Crippen LogP contribution in [0.25, 0.3) is 0 Å². The number of aromatic carboxylic acids is 1. The highest BCUT2D eigenvalue weighted by Crippen LogP contribution is 2.22. The van der Waals surface area contributed by atoms with Crippen LogP contribution in [0.15, 0.2) is 42.5 Å². The Labute approximate surface area is 117 Å². The number of para-hydroxylation sites is 1. The molecule has 2 aromatic rings. The van der Waals surface area contributed by atoms with E-state index in [0.717, 1.165) is 11.3 Å². The van der Waals surface area contributed by atoms with Crippen LogP contribution < -0.4 is 9.47 Å². The van der Waals surface area contributed by atoms with Crippen LogP contribution in [0.4, 0.5) is 0 Å². The van der Waals surface area contributed by atoms with Crippen molar-refractivity contribution in [1.29, 1.82) is 0 Å². The molecule has 2 aromatic carbocycles. The van der Waals surface area contributed by atoms with E-state index in [-0.39, 0.29) is 5.56 Å². The van der Waals surface area contributed by atoms with E-state index in [0.29, 0.717) is 17.9 Å². The van der Waals surface area contributed by atoms with Crippen molar-refractivity contribution in [2.24, 2.45) is 0 Å². The lowest BCUT2D eigenvalue weighted by Gasteiger charge is -2.11. The van der Waals surface area contributed by atoms with Gasteiger partial charge in [-0.05, 0) is 36.8 Å². The lowest BCUT2D eigenvalue weighted by molar-refractivity contribution is 0.0696. The molecule has 0 fully saturated rings. The number of hydrogen-bond donors (Lipinski definition) is 1. The number of hydrogen-bond acceptors (Lipinski definition) is 3. The normalized spacial score (nSPS) is 10.1. The summed E-state index contributed by atoms with van der Waals surface area (Å²) in [6, 6.07) is 12.5. The largest absolute Gasteiger partial charge is 0.496 e. The van der Waals surface area contributed by atoms with Crippen molar-refractivity contribution < 1.29 is 19.4 Å². The molecular formula is C16H16O4. The molecule has 0 amide bonds. The van der Waals surface area contributed by atoms with Gasteiger partial charge in [-0.2, -0.15) is 0 Å². The summed E-state index contributed by atoms with van der Waals surface area (Å²) in [5.74, 6) is 0.476. The second-order valence-electron chi connectivity index (χ2n) is 4.38. The van der Waals surface area contributed by atoms with Gasteiger partial charge < -0.3 is 14.6 Å². The molecule has 0 aliphatic heterocycles. The summed E-state index contributed by atoms with van der Waals surface area (Å²) in [6.07, 6.45) is 0. The minimum Gasteiger partial charge on any atom is -0.496 e. The predicted molar refractivity (Wildman–Crippen MR) is 75.5 cm³/mol. The summed E-state index contributed by atoms with van der Waals surface area (Å²) in [5.41, 5.74) is 1.90. The molecule has 0 unspecified atom stereocenters. The second kappa shape index (κ2) is 6.10. The van der Waals surface area contributed by atoms with Gasteiger partial charge in [-0.1, -0.05) is 18.2 Å². The number of ether oxygens (including phenoxy) is 2. The third kappa shape index (κ3) is 3.09. The zero-order chi connectivity index (χ0) is 14.5. The van der Waals surface area contributed by atoms with Gasteiger partial charge in [0.2, 0.25) is 0 Å². The first-order chi connectivity index (χ1) is 9.61. The summed E-state index contributed by atoms with van der Waals surface area (Å²) in [4.78, 5) is 10.9. The number of carboxylic acids is 1. The molecule has 4 heteroatoms. The quantitative estimate of drug-likeness (QED) is 0.907. The number of aryl methyl sites for hydroxylation is 1. The highest BCUT2D eigenvalue weighted by atomic mass is 16.5.